The summed E-state index contributed by atoms with van der Waals surface area (Å²) in [5.74, 6) is -2.78. The van der Waals surface area contributed by atoms with Crippen LogP contribution in [-0.2, 0) is 4.79 Å². The maximum Gasteiger partial charge on any atom is 0.437 e. The Bertz CT molecular complexity index is 1610. The number of alkyl halides is 3. The number of carbonyl (C=O) groups excluding carboxylic acids is 2. The topological polar surface area (TPSA) is 113 Å². The van der Waals surface area contributed by atoms with Gasteiger partial charge in [-0.15, -0.1) is 0 Å². The molecule has 3 N–H and O–H groups in total. The predicted molar refractivity (Wildman–Crippen MR) is 166 cm³/mol. The van der Waals surface area contributed by atoms with Gasteiger partial charge in [0.25, 0.3) is 5.91 Å². The number of aliphatic hydroxyl groups is 1. The molecule has 46 heavy (non-hydrogen) atoms. The number of aliphatic imine (C=N–C) groups is 1. The van der Waals surface area contributed by atoms with Gasteiger partial charge >= 0.3 is 12.2 Å². The van der Waals surface area contributed by atoms with Crippen LogP contribution in [-0.4, -0.2) is 83.1 Å². The van der Waals surface area contributed by atoms with Crippen molar-refractivity contribution in [2.75, 3.05) is 54.8 Å². The highest BCUT2D eigenvalue weighted by Crippen LogP contribution is 2.32. The third-order valence-electron chi connectivity index (χ3n) is 7.91. The smallest absolute Gasteiger partial charge is 0.437 e. The largest absolute Gasteiger partial charge is 0.502 e. The molecule has 2 aromatic carbocycles. The zero-order chi connectivity index (χ0) is 32.8. The van der Waals surface area contributed by atoms with Crippen LogP contribution in [0.4, 0.5) is 39.5 Å². The summed E-state index contributed by atoms with van der Waals surface area (Å²) in [5.41, 5.74) is -0.455. The van der Waals surface area contributed by atoms with Crippen LogP contribution < -0.4 is 15.5 Å². The highest BCUT2D eigenvalue weighted by atomic mass is 19.4. The SMILES string of the molecule is CC(=N/C(=C(\O)C(=O)Nc1ccc(N2CCN(C(=O)Nc3ccccc3F)CC2)nc1)C(F)(F)F)N1CCC(c2ccccc2)C1. The number of nitrogens with zero attached hydrogens (tertiary/aromatic N) is 5. The number of amides is 3. The number of aliphatic hydroxyl groups excluding tert-OH is 1. The molecule has 2 aliphatic heterocycles. The van der Waals surface area contributed by atoms with Crippen molar-refractivity contribution < 1.29 is 32.3 Å². The van der Waals surface area contributed by atoms with Crippen molar-refractivity contribution in [2.24, 2.45) is 4.99 Å². The number of anilines is 3. The number of para-hydroxylation sites is 1. The van der Waals surface area contributed by atoms with E-state index < -0.39 is 35.4 Å². The van der Waals surface area contributed by atoms with Crippen molar-refractivity contribution in [3.8, 4) is 0 Å². The number of pyridine rings is 1. The van der Waals surface area contributed by atoms with Crippen LogP contribution in [0.2, 0.25) is 0 Å². The van der Waals surface area contributed by atoms with Crippen molar-refractivity contribution >= 4 is 35.0 Å². The number of benzene rings is 2. The van der Waals surface area contributed by atoms with Gasteiger partial charge in [0.05, 0.1) is 17.6 Å². The Kier molecular flexibility index (Phi) is 9.73. The average Bonchev–Trinajstić information content (AvgIpc) is 3.55. The minimum Gasteiger partial charge on any atom is -0.502 e. The van der Waals surface area contributed by atoms with E-state index in [1.807, 2.05) is 35.2 Å². The second-order valence-electron chi connectivity index (χ2n) is 10.9. The van der Waals surface area contributed by atoms with E-state index in [4.69, 9.17) is 0 Å². The number of hydrogen-bond acceptors (Lipinski definition) is 6. The Morgan fingerprint density at radius 3 is 2.26 bits per heavy atom. The lowest BCUT2D eigenvalue weighted by Gasteiger charge is -2.35. The van der Waals surface area contributed by atoms with Crippen molar-refractivity contribution in [2.45, 2.75) is 25.4 Å². The number of halogens is 4. The fourth-order valence-electron chi connectivity index (χ4n) is 5.37. The van der Waals surface area contributed by atoms with Gasteiger partial charge in [0.2, 0.25) is 5.76 Å². The van der Waals surface area contributed by atoms with Gasteiger partial charge in [0, 0.05) is 45.2 Å². The Morgan fingerprint density at radius 2 is 1.61 bits per heavy atom. The molecule has 0 radical (unpaired) electrons. The van der Waals surface area contributed by atoms with E-state index in [-0.39, 0.29) is 23.1 Å². The zero-order valence-corrected chi connectivity index (χ0v) is 25.0. The second kappa shape index (κ2) is 13.9. The van der Waals surface area contributed by atoms with E-state index in [2.05, 4.69) is 20.6 Å². The summed E-state index contributed by atoms with van der Waals surface area (Å²) in [6.07, 6.45) is -3.09. The number of likely N-dealkylation sites (tertiary alicyclic amines) is 1. The number of rotatable bonds is 6. The Hall–Kier alpha value is -5.14. The molecule has 0 spiro atoms. The van der Waals surface area contributed by atoms with E-state index in [9.17, 15) is 32.3 Å². The number of hydrogen-bond donors (Lipinski definition) is 3. The molecule has 1 atom stereocenters. The molecule has 1 unspecified atom stereocenters. The molecule has 2 fully saturated rings. The summed E-state index contributed by atoms with van der Waals surface area (Å²) in [4.78, 5) is 38.3. The normalized spacial score (nSPS) is 17.9. The van der Waals surface area contributed by atoms with Crippen LogP contribution in [0.5, 0.6) is 0 Å². The van der Waals surface area contributed by atoms with E-state index in [0.717, 1.165) is 12.0 Å². The van der Waals surface area contributed by atoms with Gasteiger partial charge in [-0.1, -0.05) is 42.5 Å². The molecule has 3 amide bonds. The monoisotopic (exact) mass is 639 g/mol. The fourth-order valence-corrected chi connectivity index (χ4v) is 5.37. The molecule has 3 aromatic rings. The van der Waals surface area contributed by atoms with Gasteiger partial charge < -0.3 is 30.4 Å². The van der Waals surface area contributed by atoms with Gasteiger partial charge in [-0.3, -0.25) is 4.79 Å². The van der Waals surface area contributed by atoms with Crippen LogP contribution in [0.3, 0.4) is 0 Å². The van der Waals surface area contributed by atoms with Crippen molar-refractivity contribution in [3.05, 3.63) is 95.8 Å². The molecule has 10 nitrogen and oxygen atoms in total. The standard InChI is InChI=1S/C32H33F4N7O3/c1-21(43-14-13-23(20-43)22-7-3-2-4-8-22)38-29(32(34,35)36)28(44)30(45)39-24-11-12-27(37-19-24)41-15-17-42(18-16-41)31(46)40-26-10-6-5-9-25(26)33/h2-12,19,23,44H,13-18,20H2,1H3,(H,39,45)(H,40,46)/b29-28-,38-21?. The minimum atomic E-state index is -5.09. The lowest BCUT2D eigenvalue weighted by atomic mass is 9.99. The Balaban J connectivity index is 1.18. The molecule has 0 aliphatic carbocycles. The molecule has 14 heteroatoms. The maximum atomic E-state index is 13.9. The van der Waals surface area contributed by atoms with Crippen LogP contribution in [0.1, 0.15) is 24.8 Å². The molecule has 2 aliphatic rings. The summed E-state index contributed by atoms with van der Waals surface area (Å²) in [5, 5.41) is 15.2. The van der Waals surface area contributed by atoms with Gasteiger partial charge in [-0.2, -0.15) is 13.2 Å². The third-order valence-corrected chi connectivity index (χ3v) is 7.91. The lowest BCUT2D eigenvalue weighted by molar-refractivity contribution is -0.118. The molecule has 242 valence electrons. The average molecular weight is 640 g/mol. The molecule has 0 saturated carbocycles. The highest BCUT2D eigenvalue weighted by molar-refractivity contribution is 6.02. The van der Waals surface area contributed by atoms with Crippen LogP contribution in [0, 0.1) is 5.82 Å². The molecule has 3 heterocycles. The summed E-state index contributed by atoms with van der Waals surface area (Å²) in [7, 11) is 0. The van der Waals surface area contributed by atoms with Crippen LogP contribution in [0.25, 0.3) is 0 Å². The minimum absolute atomic E-state index is 0.0425. The van der Waals surface area contributed by atoms with Crippen molar-refractivity contribution in [3.63, 3.8) is 0 Å². The number of nitrogens with one attached hydrogen (secondary N) is 2. The number of carbonyl (C=O) groups is 2. The first kappa shape index (κ1) is 32.3. The van der Waals surface area contributed by atoms with Gasteiger partial charge in [0.1, 0.15) is 17.5 Å². The Labute approximate surface area is 263 Å². The van der Waals surface area contributed by atoms with Gasteiger partial charge in [0.15, 0.2) is 5.70 Å². The molecule has 0 bridgehead atoms. The second-order valence-corrected chi connectivity index (χ2v) is 10.9. The Morgan fingerprint density at radius 1 is 0.913 bits per heavy atom. The zero-order valence-electron chi connectivity index (χ0n) is 25.0. The number of aromatic nitrogens is 1. The van der Waals surface area contributed by atoms with Crippen LogP contribution in [0.15, 0.2) is 89.4 Å². The first-order valence-electron chi connectivity index (χ1n) is 14.7. The highest BCUT2D eigenvalue weighted by Gasteiger charge is 2.40. The maximum absolute atomic E-state index is 13.9. The number of amidine groups is 1. The van der Waals surface area contributed by atoms with Gasteiger partial charge in [-0.05, 0) is 43.2 Å². The summed E-state index contributed by atoms with van der Waals surface area (Å²) >= 11 is 0. The molecule has 2 saturated heterocycles. The summed E-state index contributed by atoms with van der Waals surface area (Å²) in [6, 6.07) is 18.1. The quantitative estimate of drug-likeness (QED) is 0.104. The number of allylic oxidation sites excluding steroid dienone is 1. The molecule has 1 aromatic heterocycles. The first-order valence-corrected chi connectivity index (χ1v) is 14.7. The molecule has 5 rings (SSSR count). The number of piperazine rings is 1. The van der Waals surface area contributed by atoms with Crippen LogP contribution >= 0.6 is 0 Å². The summed E-state index contributed by atoms with van der Waals surface area (Å²) < 4.78 is 55.7. The van der Waals surface area contributed by atoms with E-state index >= 15 is 0 Å². The van der Waals surface area contributed by atoms with E-state index in [1.54, 1.807) is 21.9 Å². The number of urea groups is 1. The van der Waals surface area contributed by atoms with E-state index in [0.29, 0.717) is 45.1 Å². The molecular formula is C32H33F4N7O3. The molecular weight excluding hydrogens is 606 g/mol. The van der Waals surface area contributed by atoms with Gasteiger partial charge in [-0.25, -0.2) is 19.2 Å². The summed E-state index contributed by atoms with van der Waals surface area (Å²) in [6.45, 7) is 3.88. The lowest BCUT2D eigenvalue weighted by Crippen LogP contribution is -2.50. The predicted octanol–water partition coefficient (Wildman–Crippen LogP) is 5.75. The van der Waals surface area contributed by atoms with Crippen molar-refractivity contribution in [1.29, 1.82) is 0 Å². The first-order chi connectivity index (χ1) is 22.0. The van der Waals surface area contributed by atoms with Crippen molar-refractivity contribution in [1.82, 2.24) is 14.8 Å². The fraction of sp³-hybridized carbons (Fsp3) is 0.312. The van der Waals surface area contributed by atoms with E-state index in [1.165, 1.54) is 37.4 Å². The third kappa shape index (κ3) is 7.73.